The Kier molecular flexibility index (Phi) is 4.19. The Morgan fingerprint density at radius 1 is 1.30 bits per heavy atom. The monoisotopic (exact) mass is 365 g/mol. The molecule has 0 fully saturated rings. The van der Waals surface area contributed by atoms with Crippen molar-refractivity contribution in [1.29, 1.82) is 0 Å². The molecule has 0 aliphatic rings. The van der Waals surface area contributed by atoms with E-state index in [4.69, 9.17) is 0 Å². The maximum Gasteiger partial charge on any atom is 0.350 e. The van der Waals surface area contributed by atoms with Crippen LogP contribution in [0.2, 0.25) is 0 Å². The first kappa shape index (κ1) is 17.0. The quantitative estimate of drug-likeness (QED) is 0.563. The lowest BCUT2D eigenvalue weighted by Crippen LogP contribution is -2.40. The van der Waals surface area contributed by atoms with Crippen LogP contribution in [0.4, 0.5) is 0 Å². The molecule has 3 aromatic heterocycles. The first-order valence-electron chi connectivity index (χ1n) is 8.62. The van der Waals surface area contributed by atoms with Crippen LogP contribution >= 0.6 is 0 Å². The number of carbonyl (C=O) groups is 1. The van der Waals surface area contributed by atoms with Crippen LogP contribution in [0.5, 0.6) is 0 Å². The van der Waals surface area contributed by atoms with Gasteiger partial charge in [0.05, 0.1) is 12.1 Å². The Morgan fingerprint density at radius 3 is 2.89 bits per heavy atom. The lowest BCUT2D eigenvalue weighted by Gasteiger charge is -2.13. The zero-order valence-electron chi connectivity index (χ0n) is 15.0. The van der Waals surface area contributed by atoms with Crippen molar-refractivity contribution in [3.8, 4) is 0 Å². The summed E-state index contributed by atoms with van der Waals surface area (Å²) in [6, 6.07) is 9.46. The predicted molar refractivity (Wildman–Crippen MR) is 99.3 cm³/mol. The highest BCUT2D eigenvalue weighted by molar-refractivity contribution is 5.83. The zero-order chi connectivity index (χ0) is 19.0. The van der Waals surface area contributed by atoms with Crippen LogP contribution in [0.25, 0.3) is 16.6 Å². The average Bonchev–Trinajstić information content (AvgIpc) is 3.24. The maximum absolute atomic E-state index is 12.9. The van der Waals surface area contributed by atoms with E-state index < -0.39 is 0 Å². The number of nitrogens with one attached hydrogen (secondary N) is 1. The van der Waals surface area contributed by atoms with Gasteiger partial charge in [-0.2, -0.15) is 5.10 Å². The second kappa shape index (κ2) is 6.67. The largest absolute Gasteiger partial charge is 0.350 e. The van der Waals surface area contributed by atoms with E-state index in [0.29, 0.717) is 5.65 Å². The van der Waals surface area contributed by atoms with Gasteiger partial charge >= 0.3 is 5.69 Å². The molecule has 1 atom stereocenters. The molecule has 0 spiro atoms. The van der Waals surface area contributed by atoms with E-state index in [2.05, 4.69) is 20.5 Å². The summed E-state index contributed by atoms with van der Waals surface area (Å²) in [5.74, 6) is -0.202. The van der Waals surface area contributed by atoms with Crippen LogP contribution in [0, 0.1) is 6.92 Å². The standard InChI is InChI=1S/C18H19N7O2/c1-12-7-14-5-3-4-6-15(14)25-17(12)22-24(18(25)27)8-13(2)21-16(26)9-23-11-19-10-20-23/h3-7,10-11,13H,8-9H2,1-2H3,(H,21,26)/t13-/m0/s1. The Hall–Kier alpha value is -3.49. The van der Waals surface area contributed by atoms with E-state index in [0.717, 1.165) is 16.5 Å². The molecule has 0 radical (unpaired) electrons. The predicted octanol–water partition coefficient (Wildman–Crippen LogP) is 0.754. The topological polar surface area (TPSA) is 99.1 Å². The lowest BCUT2D eigenvalue weighted by molar-refractivity contribution is -0.122. The van der Waals surface area contributed by atoms with Crippen molar-refractivity contribution in [1.82, 2.24) is 34.3 Å². The molecule has 0 saturated carbocycles. The number of hydrogen-bond acceptors (Lipinski definition) is 5. The van der Waals surface area contributed by atoms with Crippen LogP contribution < -0.4 is 11.0 Å². The molecule has 0 aliphatic carbocycles. The smallest absolute Gasteiger partial charge is 0.350 e. The van der Waals surface area contributed by atoms with Crippen molar-refractivity contribution in [3.63, 3.8) is 0 Å². The SMILES string of the molecule is Cc1cc2ccccc2n2c(=O)n(C[C@H](C)NC(=O)Cn3cncn3)nc12. The van der Waals surface area contributed by atoms with Crippen molar-refractivity contribution in [2.75, 3.05) is 0 Å². The van der Waals surface area contributed by atoms with Crippen molar-refractivity contribution < 1.29 is 4.79 Å². The Balaban J connectivity index is 1.59. The highest BCUT2D eigenvalue weighted by Gasteiger charge is 2.15. The van der Waals surface area contributed by atoms with Crippen molar-refractivity contribution in [2.24, 2.45) is 0 Å². The van der Waals surface area contributed by atoms with Gasteiger partial charge < -0.3 is 5.32 Å². The second-order valence-corrected chi connectivity index (χ2v) is 6.57. The highest BCUT2D eigenvalue weighted by atomic mass is 16.2. The van der Waals surface area contributed by atoms with Crippen LogP contribution in [0.3, 0.4) is 0 Å². The second-order valence-electron chi connectivity index (χ2n) is 6.57. The molecule has 9 nitrogen and oxygen atoms in total. The third kappa shape index (κ3) is 3.19. The number of fused-ring (bicyclic) bond motifs is 3. The molecule has 3 heterocycles. The lowest BCUT2D eigenvalue weighted by atomic mass is 10.1. The molecule has 1 aromatic carbocycles. The van der Waals surface area contributed by atoms with Gasteiger partial charge in [0.1, 0.15) is 19.2 Å². The van der Waals surface area contributed by atoms with Gasteiger partial charge in [-0.1, -0.05) is 18.2 Å². The number of carbonyl (C=O) groups excluding carboxylic acids is 1. The van der Waals surface area contributed by atoms with Gasteiger partial charge in [0.15, 0.2) is 5.65 Å². The number of aryl methyl sites for hydroxylation is 1. The summed E-state index contributed by atoms with van der Waals surface area (Å²) < 4.78 is 4.46. The molecule has 4 rings (SSSR count). The van der Waals surface area contributed by atoms with Crippen molar-refractivity contribution in [3.05, 3.63) is 59.0 Å². The third-order valence-corrected chi connectivity index (χ3v) is 4.37. The van der Waals surface area contributed by atoms with Crippen molar-refractivity contribution in [2.45, 2.75) is 33.0 Å². The summed E-state index contributed by atoms with van der Waals surface area (Å²) in [5.41, 5.74) is 2.15. The summed E-state index contributed by atoms with van der Waals surface area (Å²) in [4.78, 5) is 28.8. The number of pyridine rings is 1. The number of benzene rings is 1. The molecule has 1 amide bonds. The van der Waals surface area contributed by atoms with Gasteiger partial charge in [-0.3, -0.25) is 4.79 Å². The van der Waals surface area contributed by atoms with Crippen molar-refractivity contribution >= 4 is 22.5 Å². The first-order valence-corrected chi connectivity index (χ1v) is 8.62. The summed E-state index contributed by atoms with van der Waals surface area (Å²) in [6.07, 6.45) is 2.85. The first-order chi connectivity index (χ1) is 13.0. The number of hydrogen-bond donors (Lipinski definition) is 1. The van der Waals surface area contributed by atoms with Gasteiger partial charge in [-0.05, 0) is 36.9 Å². The molecule has 0 unspecified atom stereocenters. The van der Waals surface area contributed by atoms with Gasteiger partial charge in [0.25, 0.3) is 0 Å². The van der Waals surface area contributed by atoms with E-state index >= 15 is 0 Å². The Morgan fingerprint density at radius 2 is 2.11 bits per heavy atom. The Bertz CT molecular complexity index is 1170. The summed E-state index contributed by atoms with van der Waals surface area (Å²) >= 11 is 0. The summed E-state index contributed by atoms with van der Waals surface area (Å²) in [6.45, 7) is 4.12. The van der Waals surface area contributed by atoms with E-state index in [-0.39, 0.29) is 30.7 Å². The fourth-order valence-electron chi connectivity index (χ4n) is 3.20. The van der Waals surface area contributed by atoms with Crippen LogP contribution in [0.1, 0.15) is 12.5 Å². The molecule has 27 heavy (non-hydrogen) atoms. The van der Waals surface area contributed by atoms with E-state index in [1.807, 2.05) is 44.2 Å². The fourth-order valence-corrected chi connectivity index (χ4v) is 3.20. The molecule has 0 aliphatic heterocycles. The van der Waals surface area contributed by atoms with E-state index in [9.17, 15) is 9.59 Å². The average molecular weight is 365 g/mol. The fraction of sp³-hybridized carbons (Fsp3) is 0.278. The molecule has 4 aromatic rings. The normalized spacial score (nSPS) is 12.5. The summed E-state index contributed by atoms with van der Waals surface area (Å²) in [5, 5.41) is 12.2. The molecule has 9 heteroatoms. The molecular weight excluding hydrogens is 346 g/mol. The third-order valence-electron chi connectivity index (χ3n) is 4.37. The number of rotatable bonds is 5. The molecule has 0 saturated heterocycles. The zero-order valence-corrected chi connectivity index (χ0v) is 15.0. The van der Waals surface area contributed by atoms with Crippen LogP contribution in [-0.4, -0.2) is 40.9 Å². The van der Waals surface area contributed by atoms with E-state index in [1.54, 1.807) is 4.40 Å². The molecule has 0 bridgehead atoms. The van der Waals surface area contributed by atoms with Gasteiger partial charge in [-0.25, -0.2) is 23.5 Å². The number of nitrogens with zero attached hydrogens (tertiary/aromatic N) is 6. The maximum atomic E-state index is 12.9. The van der Waals surface area contributed by atoms with E-state index in [1.165, 1.54) is 22.0 Å². The number of aromatic nitrogens is 6. The minimum Gasteiger partial charge on any atom is -0.350 e. The number of para-hydroxylation sites is 1. The van der Waals surface area contributed by atoms with Crippen LogP contribution in [0.15, 0.2) is 47.8 Å². The molecule has 1 N–H and O–H groups in total. The highest BCUT2D eigenvalue weighted by Crippen LogP contribution is 2.17. The Labute approximate surface area is 154 Å². The van der Waals surface area contributed by atoms with Crippen LogP contribution in [-0.2, 0) is 17.9 Å². The minimum atomic E-state index is -0.268. The van der Waals surface area contributed by atoms with Gasteiger partial charge in [-0.15, -0.1) is 5.10 Å². The molecule has 138 valence electrons. The van der Waals surface area contributed by atoms with Gasteiger partial charge in [0, 0.05) is 6.04 Å². The summed E-state index contributed by atoms with van der Waals surface area (Å²) in [7, 11) is 0. The number of amides is 1. The minimum absolute atomic E-state index is 0.0775. The van der Waals surface area contributed by atoms with Gasteiger partial charge in [0.2, 0.25) is 5.91 Å². The molecular formula is C18H19N7O2.